The Bertz CT molecular complexity index is 646. The van der Waals surface area contributed by atoms with Gasteiger partial charge < -0.3 is 9.47 Å². The Balaban J connectivity index is 1.98. The van der Waals surface area contributed by atoms with E-state index >= 15 is 0 Å². The smallest absolute Gasteiger partial charge is 0.196 e. The van der Waals surface area contributed by atoms with Crippen LogP contribution in [0.15, 0.2) is 24.4 Å². The molecule has 98 valence electrons. The van der Waals surface area contributed by atoms with Crippen LogP contribution >= 0.6 is 0 Å². The molecule has 0 atom stereocenters. The second kappa shape index (κ2) is 4.42. The van der Waals surface area contributed by atoms with Gasteiger partial charge in [-0.25, -0.2) is 0 Å². The fraction of sp³-hybridized carbons (Fsp3) is 0.286. The van der Waals surface area contributed by atoms with Gasteiger partial charge in [-0.05, 0) is 25.1 Å². The van der Waals surface area contributed by atoms with Gasteiger partial charge in [0.25, 0.3) is 0 Å². The zero-order chi connectivity index (χ0) is 13.4. The van der Waals surface area contributed by atoms with Crippen molar-refractivity contribution in [2.45, 2.75) is 6.92 Å². The number of carbonyl (C=O) groups is 1. The van der Waals surface area contributed by atoms with Crippen LogP contribution < -0.4 is 9.47 Å². The third-order valence-corrected chi connectivity index (χ3v) is 3.28. The number of benzene rings is 1. The van der Waals surface area contributed by atoms with Gasteiger partial charge in [-0.1, -0.05) is 0 Å². The van der Waals surface area contributed by atoms with E-state index in [0.717, 1.165) is 5.69 Å². The van der Waals surface area contributed by atoms with Gasteiger partial charge in [0.2, 0.25) is 0 Å². The summed E-state index contributed by atoms with van der Waals surface area (Å²) in [5.74, 6) is 1.26. The second-order valence-electron chi connectivity index (χ2n) is 4.45. The maximum Gasteiger partial charge on any atom is 0.196 e. The summed E-state index contributed by atoms with van der Waals surface area (Å²) in [6.45, 7) is 2.93. The molecule has 5 nitrogen and oxygen atoms in total. The van der Waals surface area contributed by atoms with Gasteiger partial charge in [0, 0.05) is 18.3 Å². The lowest BCUT2D eigenvalue weighted by Crippen LogP contribution is -2.16. The van der Waals surface area contributed by atoms with E-state index in [1.165, 1.54) is 0 Å². The van der Waals surface area contributed by atoms with Crippen molar-refractivity contribution in [3.8, 4) is 11.5 Å². The molecule has 0 aliphatic carbocycles. The molecule has 0 fully saturated rings. The van der Waals surface area contributed by atoms with Gasteiger partial charge in [0.1, 0.15) is 13.2 Å². The van der Waals surface area contributed by atoms with Crippen molar-refractivity contribution >= 4 is 5.78 Å². The largest absolute Gasteiger partial charge is 0.486 e. The molecule has 0 spiro atoms. The summed E-state index contributed by atoms with van der Waals surface area (Å²) in [7, 11) is 1.82. The van der Waals surface area contributed by atoms with Gasteiger partial charge >= 0.3 is 0 Å². The summed E-state index contributed by atoms with van der Waals surface area (Å²) in [5, 5.41) is 4.09. The monoisotopic (exact) mass is 258 g/mol. The highest BCUT2D eigenvalue weighted by Crippen LogP contribution is 2.31. The Morgan fingerprint density at radius 3 is 2.68 bits per heavy atom. The molecular formula is C14H14N2O3. The Morgan fingerprint density at radius 1 is 1.26 bits per heavy atom. The zero-order valence-corrected chi connectivity index (χ0v) is 10.8. The van der Waals surface area contributed by atoms with E-state index in [9.17, 15) is 4.79 Å². The van der Waals surface area contributed by atoms with E-state index in [-0.39, 0.29) is 5.78 Å². The van der Waals surface area contributed by atoms with E-state index in [1.54, 1.807) is 29.1 Å². The third kappa shape index (κ3) is 1.97. The van der Waals surface area contributed by atoms with E-state index in [2.05, 4.69) is 5.10 Å². The lowest BCUT2D eigenvalue weighted by atomic mass is 10.0. The van der Waals surface area contributed by atoms with Crippen LogP contribution in [0.5, 0.6) is 11.5 Å². The summed E-state index contributed by atoms with van der Waals surface area (Å²) >= 11 is 0. The van der Waals surface area contributed by atoms with Gasteiger partial charge in [0.15, 0.2) is 17.3 Å². The second-order valence-corrected chi connectivity index (χ2v) is 4.45. The fourth-order valence-corrected chi connectivity index (χ4v) is 2.06. The number of aromatic nitrogens is 2. The van der Waals surface area contributed by atoms with Crippen LogP contribution in [-0.2, 0) is 7.05 Å². The van der Waals surface area contributed by atoms with Crippen molar-refractivity contribution in [3.63, 3.8) is 0 Å². The molecule has 1 aromatic heterocycles. The molecule has 2 aromatic rings. The molecule has 0 N–H and O–H groups in total. The summed E-state index contributed by atoms with van der Waals surface area (Å²) in [5.41, 5.74) is 2.04. The summed E-state index contributed by atoms with van der Waals surface area (Å²) in [6, 6.07) is 5.25. The van der Waals surface area contributed by atoms with E-state index in [4.69, 9.17) is 9.47 Å². The quantitative estimate of drug-likeness (QED) is 0.770. The molecule has 0 radical (unpaired) electrons. The molecule has 0 saturated heterocycles. The molecule has 1 aromatic carbocycles. The van der Waals surface area contributed by atoms with Crippen molar-refractivity contribution in [1.29, 1.82) is 0 Å². The molecule has 1 aliphatic heterocycles. The van der Waals surface area contributed by atoms with Gasteiger partial charge in [0.05, 0.1) is 11.8 Å². The fourth-order valence-electron chi connectivity index (χ4n) is 2.06. The van der Waals surface area contributed by atoms with Crippen molar-refractivity contribution in [1.82, 2.24) is 9.78 Å². The van der Waals surface area contributed by atoms with Crippen molar-refractivity contribution in [2.75, 3.05) is 13.2 Å². The molecule has 1 aliphatic rings. The van der Waals surface area contributed by atoms with E-state index < -0.39 is 0 Å². The summed E-state index contributed by atoms with van der Waals surface area (Å²) in [6.07, 6.45) is 1.59. The first-order valence-corrected chi connectivity index (χ1v) is 6.10. The number of fused-ring (bicyclic) bond motifs is 1. The van der Waals surface area contributed by atoms with Crippen LogP contribution in [0.1, 0.15) is 21.6 Å². The number of rotatable bonds is 2. The van der Waals surface area contributed by atoms with Crippen LogP contribution in [0, 0.1) is 6.92 Å². The maximum atomic E-state index is 12.4. The Morgan fingerprint density at radius 2 is 2.00 bits per heavy atom. The number of carbonyl (C=O) groups excluding carboxylic acids is 1. The maximum absolute atomic E-state index is 12.4. The SMILES string of the molecule is Cc1c(C(=O)c2ccc3c(c2)OCCO3)cnn1C. The number of ketones is 1. The first-order chi connectivity index (χ1) is 9.16. The highest BCUT2D eigenvalue weighted by molar-refractivity contribution is 6.09. The topological polar surface area (TPSA) is 53.4 Å². The summed E-state index contributed by atoms with van der Waals surface area (Å²) in [4.78, 5) is 12.4. The lowest BCUT2D eigenvalue weighted by Gasteiger charge is -2.18. The minimum atomic E-state index is -0.0532. The van der Waals surface area contributed by atoms with Crippen molar-refractivity contribution in [2.24, 2.45) is 7.05 Å². The Labute approximate surface area is 110 Å². The van der Waals surface area contributed by atoms with Crippen molar-refractivity contribution < 1.29 is 14.3 Å². The minimum absolute atomic E-state index is 0.0532. The van der Waals surface area contributed by atoms with Crippen LogP contribution in [0.25, 0.3) is 0 Å². The molecule has 19 heavy (non-hydrogen) atoms. The molecule has 0 bridgehead atoms. The Kier molecular flexibility index (Phi) is 2.74. The number of hydrogen-bond acceptors (Lipinski definition) is 4. The van der Waals surface area contributed by atoms with Crippen LogP contribution in [0.4, 0.5) is 0 Å². The predicted octanol–water partition coefficient (Wildman–Crippen LogP) is 1.73. The lowest BCUT2D eigenvalue weighted by molar-refractivity contribution is 0.103. The normalized spacial score (nSPS) is 13.4. The zero-order valence-electron chi connectivity index (χ0n) is 10.8. The highest BCUT2D eigenvalue weighted by Gasteiger charge is 2.18. The van der Waals surface area contributed by atoms with Gasteiger partial charge in [-0.3, -0.25) is 9.48 Å². The number of ether oxygens (including phenoxy) is 2. The predicted molar refractivity (Wildman–Crippen MR) is 68.8 cm³/mol. The average Bonchev–Trinajstić information content (AvgIpc) is 2.78. The third-order valence-electron chi connectivity index (χ3n) is 3.28. The van der Waals surface area contributed by atoms with Crippen LogP contribution in [0.3, 0.4) is 0 Å². The Hall–Kier alpha value is -2.30. The molecule has 5 heteroatoms. The van der Waals surface area contributed by atoms with E-state index in [0.29, 0.717) is 35.8 Å². The number of hydrogen-bond donors (Lipinski definition) is 0. The van der Waals surface area contributed by atoms with Crippen LogP contribution in [0.2, 0.25) is 0 Å². The average molecular weight is 258 g/mol. The number of nitrogens with zero attached hydrogens (tertiary/aromatic N) is 2. The van der Waals surface area contributed by atoms with Crippen molar-refractivity contribution in [3.05, 3.63) is 41.2 Å². The summed E-state index contributed by atoms with van der Waals surface area (Å²) < 4.78 is 12.6. The molecular weight excluding hydrogens is 244 g/mol. The standard InChI is InChI=1S/C14H14N2O3/c1-9-11(8-15-16(9)2)14(17)10-3-4-12-13(7-10)19-6-5-18-12/h3-4,7-8H,5-6H2,1-2H3. The molecule has 0 amide bonds. The molecule has 0 unspecified atom stereocenters. The molecule has 3 rings (SSSR count). The minimum Gasteiger partial charge on any atom is -0.486 e. The van der Waals surface area contributed by atoms with Crippen LogP contribution in [-0.4, -0.2) is 28.8 Å². The van der Waals surface area contributed by atoms with Gasteiger partial charge in [-0.15, -0.1) is 0 Å². The number of aryl methyl sites for hydroxylation is 1. The highest BCUT2D eigenvalue weighted by atomic mass is 16.6. The first-order valence-electron chi connectivity index (χ1n) is 6.10. The molecule has 0 saturated carbocycles. The first kappa shape index (κ1) is 11.8. The van der Waals surface area contributed by atoms with Gasteiger partial charge in [-0.2, -0.15) is 5.10 Å². The van der Waals surface area contributed by atoms with E-state index in [1.807, 2.05) is 14.0 Å². The molecule has 2 heterocycles.